The van der Waals surface area contributed by atoms with E-state index in [-0.39, 0.29) is 17.6 Å². The van der Waals surface area contributed by atoms with E-state index in [4.69, 9.17) is 4.42 Å². The molecule has 1 N–H and O–H groups in total. The highest BCUT2D eigenvalue weighted by Gasteiger charge is 2.32. The van der Waals surface area contributed by atoms with Crippen LogP contribution < -0.4 is 5.32 Å². The minimum absolute atomic E-state index is 0.0798. The van der Waals surface area contributed by atoms with Crippen molar-refractivity contribution in [1.82, 2.24) is 30.0 Å². The summed E-state index contributed by atoms with van der Waals surface area (Å²) in [5.41, 5.74) is 1.90. The molecule has 0 unspecified atom stereocenters. The van der Waals surface area contributed by atoms with E-state index < -0.39 is 6.17 Å². The van der Waals surface area contributed by atoms with Crippen LogP contribution in [0.25, 0.3) is 11.5 Å². The van der Waals surface area contributed by atoms with Crippen LogP contribution in [0.15, 0.2) is 47.6 Å². The van der Waals surface area contributed by atoms with Gasteiger partial charge in [-0.05, 0) is 18.6 Å². The number of aromatic nitrogens is 4. The number of nitrogens with zero attached hydrogens (tertiary/aromatic N) is 5. The van der Waals surface area contributed by atoms with E-state index in [0.29, 0.717) is 37.5 Å². The SMILES string of the molecule is Cn1cc(CN2C[C@@H](F)C[C@H]2CNC(=O)c2coc(-c3cccnc3)n2)cn1. The van der Waals surface area contributed by atoms with Crippen LogP contribution in [0.3, 0.4) is 0 Å². The highest BCUT2D eigenvalue weighted by Crippen LogP contribution is 2.22. The molecular formula is C19H21FN6O2. The molecule has 1 saturated heterocycles. The van der Waals surface area contributed by atoms with E-state index in [1.54, 1.807) is 35.4 Å². The van der Waals surface area contributed by atoms with Gasteiger partial charge < -0.3 is 9.73 Å². The number of oxazole rings is 1. The summed E-state index contributed by atoms with van der Waals surface area (Å²) in [5, 5.41) is 6.99. The molecule has 2 atom stereocenters. The standard InChI is InChI=1S/C19H21FN6O2/c1-25-9-13(6-23-25)10-26-11-15(20)5-16(26)8-22-18(27)17-12-28-19(24-17)14-3-2-4-21-7-14/h2-4,6-7,9,12,15-16H,5,8,10-11H2,1H3,(H,22,27)/t15-,16-/m0/s1. The Labute approximate surface area is 161 Å². The summed E-state index contributed by atoms with van der Waals surface area (Å²) in [7, 11) is 1.85. The summed E-state index contributed by atoms with van der Waals surface area (Å²) in [6.45, 7) is 1.29. The molecule has 4 rings (SSSR count). The number of rotatable bonds is 6. The quantitative estimate of drug-likeness (QED) is 0.697. The Kier molecular flexibility index (Phi) is 5.16. The number of amides is 1. The number of aryl methyl sites for hydroxylation is 1. The summed E-state index contributed by atoms with van der Waals surface area (Å²) in [6.07, 6.45) is 7.76. The van der Waals surface area contributed by atoms with Gasteiger partial charge in [-0.15, -0.1) is 0 Å². The van der Waals surface area contributed by atoms with Gasteiger partial charge in [-0.3, -0.25) is 19.4 Å². The highest BCUT2D eigenvalue weighted by atomic mass is 19.1. The number of carbonyl (C=O) groups is 1. The van der Waals surface area contributed by atoms with Crippen LogP contribution >= 0.6 is 0 Å². The van der Waals surface area contributed by atoms with E-state index in [2.05, 4.69) is 20.4 Å². The maximum atomic E-state index is 14.0. The molecule has 0 aromatic carbocycles. The predicted molar refractivity (Wildman–Crippen MR) is 99.0 cm³/mol. The van der Waals surface area contributed by atoms with E-state index in [0.717, 1.165) is 5.56 Å². The van der Waals surface area contributed by atoms with Crippen molar-refractivity contribution in [2.45, 2.75) is 25.2 Å². The van der Waals surface area contributed by atoms with Gasteiger partial charge >= 0.3 is 0 Å². The second-order valence-electron chi connectivity index (χ2n) is 6.93. The van der Waals surface area contributed by atoms with Crippen LogP contribution in [0.4, 0.5) is 4.39 Å². The number of hydrogen-bond donors (Lipinski definition) is 1. The lowest BCUT2D eigenvalue weighted by atomic mass is 10.2. The van der Waals surface area contributed by atoms with Gasteiger partial charge in [0.15, 0.2) is 5.69 Å². The van der Waals surface area contributed by atoms with Crippen LogP contribution in [0, 0.1) is 0 Å². The lowest BCUT2D eigenvalue weighted by molar-refractivity contribution is 0.0935. The Balaban J connectivity index is 1.36. The van der Waals surface area contributed by atoms with Crippen LogP contribution in [0.2, 0.25) is 0 Å². The van der Waals surface area contributed by atoms with Gasteiger partial charge in [-0.25, -0.2) is 9.37 Å². The zero-order valence-electron chi connectivity index (χ0n) is 15.5. The second kappa shape index (κ2) is 7.89. The Bertz CT molecular complexity index is 941. The Morgan fingerprint density at radius 2 is 2.32 bits per heavy atom. The van der Waals surface area contributed by atoms with Gasteiger partial charge in [-0.1, -0.05) is 0 Å². The van der Waals surface area contributed by atoms with Gasteiger partial charge in [-0.2, -0.15) is 5.10 Å². The first-order chi connectivity index (χ1) is 13.6. The second-order valence-corrected chi connectivity index (χ2v) is 6.93. The molecule has 3 aromatic rings. The number of alkyl halides is 1. The Morgan fingerprint density at radius 1 is 1.43 bits per heavy atom. The van der Waals surface area contributed by atoms with Gasteiger partial charge in [0.05, 0.1) is 11.8 Å². The average molecular weight is 384 g/mol. The molecular weight excluding hydrogens is 363 g/mol. The first-order valence-electron chi connectivity index (χ1n) is 9.08. The van der Waals surface area contributed by atoms with E-state index in [1.807, 2.05) is 18.1 Å². The van der Waals surface area contributed by atoms with E-state index >= 15 is 0 Å². The zero-order valence-corrected chi connectivity index (χ0v) is 15.5. The molecule has 1 aliphatic rings. The minimum Gasteiger partial charge on any atom is -0.444 e. The molecule has 0 aliphatic carbocycles. The predicted octanol–water partition coefficient (Wildman–Crippen LogP) is 1.81. The molecule has 3 aromatic heterocycles. The summed E-state index contributed by atoms with van der Waals surface area (Å²) < 4.78 is 21.1. The number of nitrogens with one attached hydrogen (secondary N) is 1. The minimum atomic E-state index is -0.900. The van der Waals surface area contributed by atoms with Crippen molar-refractivity contribution < 1.29 is 13.6 Å². The maximum absolute atomic E-state index is 14.0. The summed E-state index contributed by atoms with van der Waals surface area (Å²) in [6, 6.07) is 3.49. The highest BCUT2D eigenvalue weighted by molar-refractivity contribution is 5.92. The molecule has 0 spiro atoms. The third-order valence-corrected chi connectivity index (χ3v) is 4.76. The first-order valence-corrected chi connectivity index (χ1v) is 9.08. The molecule has 0 bridgehead atoms. The van der Waals surface area contributed by atoms with Crippen molar-refractivity contribution >= 4 is 5.91 Å². The molecule has 4 heterocycles. The van der Waals surface area contributed by atoms with Crippen LogP contribution in [0.5, 0.6) is 0 Å². The lowest BCUT2D eigenvalue weighted by Crippen LogP contribution is -2.39. The number of hydrogen-bond acceptors (Lipinski definition) is 6. The van der Waals surface area contributed by atoms with Gasteiger partial charge in [0, 0.05) is 56.9 Å². The van der Waals surface area contributed by atoms with Crippen LogP contribution in [-0.4, -0.2) is 55.9 Å². The van der Waals surface area contributed by atoms with Crippen molar-refractivity contribution in [2.75, 3.05) is 13.1 Å². The molecule has 146 valence electrons. The monoisotopic (exact) mass is 384 g/mol. The summed E-state index contributed by atoms with van der Waals surface area (Å²) in [4.78, 5) is 22.7. The number of pyridine rings is 1. The summed E-state index contributed by atoms with van der Waals surface area (Å²) >= 11 is 0. The van der Waals surface area contributed by atoms with Crippen molar-refractivity contribution in [3.05, 3.63) is 54.4 Å². The van der Waals surface area contributed by atoms with Crippen LogP contribution in [-0.2, 0) is 13.6 Å². The lowest BCUT2D eigenvalue weighted by Gasteiger charge is -2.23. The van der Waals surface area contributed by atoms with E-state index in [1.165, 1.54) is 6.26 Å². The molecule has 1 amide bonds. The topological polar surface area (TPSA) is 89.1 Å². The normalized spacial score (nSPS) is 19.8. The van der Waals surface area contributed by atoms with Crippen LogP contribution in [0.1, 0.15) is 22.5 Å². The van der Waals surface area contributed by atoms with Gasteiger partial charge in [0.2, 0.25) is 5.89 Å². The molecule has 1 aliphatic heterocycles. The fraction of sp³-hybridized carbons (Fsp3) is 0.368. The van der Waals surface area contributed by atoms with Crippen molar-refractivity contribution in [3.8, 4) is 11.5 Å². The molecule has 0 radical (unpaired) electrons. The molecule has 8 nitrogen and oxygen atoms in total. The third kappa shape index (κ3) is 4.09. The smallest absolute Gasteiger partial charge is 0.273 e. The Hall–Kier alpha value is -3.07. The number of carbonyl (C=O) groups excluding carboxylic acids is 1. The van der Waals surface area contributed by atoms with Crippen molar-refractivity contribution in [3.63, 3.8) is 0 Å². The van der Waals surface area contributed by atoms with Crippen molar-refractivity contribution in [2.24, 2.45) is 7.05 Å². The summed E-state index contributed by atoms with van der Waals surface area (Å²) in [5.74, 6) is -0.0105. The first kappa shape index (κ1) is 18.3. The zero-order chi connectivity index (χ0) is 19.5. The number of halogens is 1. The fourth-order valence-electron chi connectivity index (χ4n) is 3.42. The molecule has 1 fully saturated rings. The largest absolute Gasteiger partial charge is 0.444 e. The number of likely N-dealkylation sites (tertiary alicyclic amines) is 1. The maximum Gasteiger partial charge on any atom is 0.273 e. The fourth-order valence-corrected chi connectivity index (χ4v) is 3.42. The molecule has 0 saturated carbocycles. The third-order valence-electron chi connectivity index (χ3n) is 4.76. The van der Waals surface area contributed by atoms with Gasteiger partial charge in [0.25, 0.3) is 5.91 Å². The Morgan fingerprint density at radius 3 is 3.07 bits per heavy atom. The van der Waals surface area contributed by atoms with Crippen molar-refractivity contribution in [1.29, 1.82) is 0 Å². The van der Waals surface area contributed by atoms with E-state index in [9.17, 15) is 9.18 Å². The average Bonchev–Trinajstić information content (AvgIpc) is 3.41. The van der Waals surface area contributed by atoms with Gasteiger partial charge in [0.1, 0.15) is 12.4 Å². The molecule has 9 heteroatoms. The molecule has 28 heavy (non-hydrogen) atoms.